The second-order valence-electron chi connectivity index (χ2n) is 6.10. The van der Waals surface area contributed by atoms with Gasteiger partial charge >= 0.3 is 5.97 Å². The van der Waals surface area contributed by atoms with Crippen molar-refractivity contribution in [1.82, 2.24) is 0 Å². The second kappa shape index (κ2) is 12.2. The molecule has 27 heavy (non-hydrogen) atoms. The molecule has 0 saturated heterocycles. The summed E-state index contributed by atoms with van der Waals surface area (Å²) in [7, 11) is -4.09. The second-order valence-corrected chi connectivity index (χ2v) is 7.52. The van der Waals surface area contributed by atoms with E-state index in [1.807, 2.05) is 18.2 Å². The zero-order valence-corrected chi connectivity index (χ0v) is 16.1. The molecule has 2 aromatic carbocycles. The quantitative estimate of drug-likeness (QED) is 0.444. The van der Waals surface area contributed by atoms with Crippen LogP contribution in [0.5, 0.6) is 0 Å². The third-order valence-corrected chi connectivity index (χ3v) is 4.73. The van der Waals surface area contributed by atoms with Gasteiger partial charge in [-0.3, -0.25) is 9.35 Å². The number of carboxylic acids is 1. The van der Waals surface area contributed by atoms with Gasteiger partial charge in [0.15, 0.2) is 0 Å². The summed E-state index contributed by atoms with van der Waals surface area (Å²) in [6, 6.07) is 16.4. The number of aryl methyl sites for hydroxylation is 2. The highest BCUT2D eigenvalue weighted by Crippen LogP contribution is 2.12. The summed E-state index contributed by atoms with van der Waals surface area (Å²) in [5.74, 6) is -0.716. The van der Waals surface area contributed by atoms with Gasteiger partial charge in [0, 0.05) is 6.42 Å². The van der Waals surface area contributed by atoms with E-state index < -0.39 is 16.1 Å². The summed E-state index contributed by atoms with van der Waals surface area (Å²) in [5, 5.41) is 8.18. The number of carbonyl (C=O) groups is 1. The molecule has 4 N–H and O–H groups in total. The molecule has 0 amide bonds. The normalized spacial score (nSPS) is 10.7. The van der Waals surface area contributed by atoms with Crippen molar-refractivity contribution >= 4 is 16.1 Å². The molecule has 0 atom stereocenters. The molecule has 0 unspecified atom stereocenters. The maximum absolute atomic E-state index is 10.9. The molecule has 0 bridgehead atoms. The number of benzene rings is 2. The standard InChI is InChI=1S/C14H14O3S.C6H13NO2/c15-18(16,17)14-10-8-13(9-11-14)7-6-12-4-2-1-3-5-12;7-5-3-1-2-4-6(8)9/h1-5,8-11H,6-7H2,(H,15,16,17);1-5,7H2,(H,8,9). The average Bonchev–Trinajstić information content (AvgIpc) is 2.64. The lowest BCUT2D eigenvalue weighted by Crippen LogP contribution is -1.99. The summed E-state index contributed by atoms with van der Waals surface area (Å²) in [4.78, 5) is 9.87. The summed E-state index contributed by atoms with van der Waals surface area (Å²) in [6.07, 6.45) is 4.66. The predicted molar refractivity (Wildman–Crippen MR) is 105 cm³/mol. The Morgan fingerprint density at radius 3 is 1.89 bits per heavy atom. The topological polar surface area (TPSA) is 118 Å². The molecule has 0 aliphatic carbocycles. The van der Waals surface area contributed by atoms with Crippen molar-refractivity contribution in [1.29, 1.82) is 0 Å². The fourth-order valence-corrected chi connectivity index (χ4v) is 2.84. The van der Waals surface area contributed by atoms with Gasteiger partial charge in [-0.15, -0.1) is 0 Å². The predicted octanol–water partition coefficient (Wildman–Crippen LogP) is 3.31. The molecule has 0 saturated carbocycles. The molecule has 0 heterocycles. The summed E-state index contributed by atoms with van der Waals surface area (Å²) >= 11 is 0. The Kier molecular flexibility index (Phi) is 10.3. The molecule has 0 aliphatic rings. The fraction of sp³-hybridized carbons (Fsp3) is 0.350. The molecule has 6 nitrogen and oxygen atoms in total. The maximum Gasteiger partial charge on any atom is 0.303 e. The lowest BCUT2D eigenvalue weighted by Gasteiger charge is -2.03. The van der Waals surface area contributed by atoms with Crippen LogP contribution < -0.4 is 5.73 Å². The highest BCUT2D eigenvalue weighted by molar-refractivity contribution is 7.85. The smallest absolute Gasteiger partial charge is 0.303 e. The molecule has 0 fully saturated rings. The average molecular weight is 394 g/mol. The van der Waals surface area contributed by atoms with E-state index in [1.165, 1.54) is 17.7 Å². The lowest BCUT2D eigenvalue weighted by atomic mass is 10.0. The van der Waals surface area contributed by atoms with Crippen LogP contribution in [0.25, 0.3) is 0 Å². The molecule has 0 aromatic heterocycles. The molecular weight excluding hydrogens is 366 g/mol. The minimum atomic E-state index is -4.09. The van der Waals surface area contributed by atoms with Crippen LogP contribution in [0.3, 0.4) is 0 Å². The Hall–Kier alpha value is -2.22. The van der Waals surface area contributed by atoms with E-state index in [9.17, 15) is 13.2 Å². The number of aliphatic carboxylic acids is 1. The Morgan fingerprint density at radius 2 is 1.41 bits per heavy atom. The maximum atomic E-state index is 10.9. The molecule has 0 radical (unpaired) electrons. The number of rotatable bonds is 9. The molecule has 2 rings (SSSR count). The van der Waals surface area contributed by atoms with Crippen LogP contribution >= 0.6 is 0 Å². The third-order valence-electron chi connectivity index (χ3n) is 3.86. The minimum absolute atomic E-state index is 0.0639. The van der Waals surface area contributed by atoms with Gasteiger partial charge in [-0.25, -0.2) is 0 Å². The first-order valence-electron chi connectivity index (χ1n) is 8.85. The first-order chi connectivity index (χ1) is 12.8. The highest BCUT2D eigenvalue weighted by Gasteiger charge is 2.08. The van der Waals surface area contributed by atoms with Crippen molar-refractivity contribution in [2.24, 2.45) is 5.73 Å². The van der Waals surface area contributed by atoms with E-state index >= 15 is 0 Å². The third kappa shape index (κ3) is 10.5. The van der Waals surface area contributed by atoms with Gasteiger partial charge in [0.1, 0.15) is 0 Å². The van der Waals surface area contributed by atoms with Crippen molar-refractivity contribution < 1.29 is 22.9 Å². The number of hydrogen-bond acceptors (Lipinski definition) is 4. The van der Waals surface area contributed by atoms with E-state index in [1.54, 1.807) is 12.1 Å². The molecule has 148 valence electrons. The van der Waals surface area contributed by atoms with E-state index in [2.05, 4.69) is 12.1 Å². The number of carboxylic acid groups (broad SMARTS) is 1. The van der Waals surface area contributed by atoms with Crippen LogP contribution in [-0.2, 0) is 27.8 Å². The van der Waals surface area contributed by atoms with Crippen molar-refractivity contribution in [2.45, 2.75) is 43.4 Å². The van der Waals surface area contributed by atoms with Crippen molar-refractivity contribution in [3.63, 3.8) is 0 Å². The molecule has 0 aliphatic heterocycles. The van der Waals surface area contributed by atoms with Crippen molar-refractivity contribution in [3.05, 3.63) is 65.7 Å². The highest BCUT2D eigenvalue weighted by atomic mass is 32.2. The monoisotopic (exact) mass is 393 g/mol. The molecule has 0 spiro atoms. The summed E-state index contributed by atoms with van der Waals surface area (Å²) < 4.78 is 30.6. The Bertz CT molecular complexity index is 774. The van der Waals surface area contributed by atoms with Gasteiger partial charge in [0.05, 0.1) is 4.90 Å². The van der Waals surface area contributed by atoms with E-state index in [0.29, 0.717) is 6.54 Å². The van der Waals surface area contributed by atoms with Crippen LogP contribution in [-0.4, -0.2) is 30.6 Å². The van der Waals surface area contributed by atoms with Crippen LogP contribution in [0.1, 0.15) is 36.8 Å². The van der Waals surface area contributed by atoms with Gasteiger partial charge in [0.2, 0.25) is 0 Å². The lowest BCUT2D eigenvalue weighted by molar-refractivity contribution is -0.137. The SMILES string of the molecule is NCCCCCC(=O)O.O=S(=O)(O)c1ccc(CCc2ccccc2)cc1. The van der Waals surface area contributed by atoms with Gasteiger partial charge in [0.25, 0.3) is 10.1 Å². The largest absolute Gasteiger partial charge is 0.481 e. The van der Waals surface area contributed by atoms with Crippen LogP contribution in [0.2, 0.25) is 0 Å². The Balaban J connectivity index is 0.000000345. The van der Waals surface area contributed by atoms with E-state index in [-0.39, 0.29) is 11.3 Å². The number of nitrogens with two attached hydrogens (primary N) is 1. The number of hydrogen-bond donors (Lipinski definition) is 3. The van der Waals surface area contributed by atoms with Gasteiger partial charge in [-0.05, 0) is 55.5 Å². The van der Waals surface area contributed by atoms with Gasteiger partial charge < -0.3 is 10.8 Å². The minimum Gasteiger partial charge on any atom is -0.481 e. The van der Waals surface area contributed by atoms with E-state index in [4.69, 9.17) is 15.4 Å². The van der Waals surface area contributed by atoms with Gasteiger partial charge in [-0.2, -0.15) is 8.42 Å². The Morgan fingerprint density at radius 1 is 0.852 bits per heavy atom. The van der Waals surface area contributed by atoms with E-state index in [0.717, 1.165) is 37.7 Å². The molecular formula is C20H27NO5S. The summed E-state index contributed by atoms with van der Waals surface area (Å²) in [5.41, 5.74) is 7.49. The molecule has 2 aromatic rings. The number of unbranched alkanes of at least 4 members (excludes halogenated alkanes) is 2. The zero-order chi connectivity index (χ0) is 20.1. The van der Waals surface area contributed by atoms with Gasteiger partial charge in [-0.1, -0.05) is 48.9 Å². The fourth-order valence-electron chi connectivity index (χ4n) is 2.36. The Labute approximate surface area is 160 Å². The van der Waals surface area contributed by atoms with Crippen molar-refractivity contribution in [3.8, 4) is 0 Å². The van der Waals surface area contributed by atoms with Crippen molar-refractivity contribution in [2.75, 3.05) is 6.54 Å². The first-order valence-corrected chi connectivity index (χ1v) is 10.3. The van der Waals surface area contributed by atoms with Crippen LogP contribution in [0.15, 0.2) is 59.5 Å². The molecule has 7 heteroatoms. The summed E-state index contributed by atoms with van der Waals surface area (Å²) in [6.45, 7) is 0.666. The van der Waals surface area contributed by atoms with Crippen LogP contribution in [0.4, 0.5) is 0 Å². The van der Waals surface area contributed by atoms with Crippen LogP contribution in [0, 0.1) is 0 Å². The zero-order valence-electron chi connectivity index (χ0n) is 15.3. The first kappa shape index (κ1) is 22.8.